The summed E-state index contributed by atoms with van der Waals surface area (Å²) in [6, 6.07) is 1.20. The van der Waals surface area contributed by atoms with Crippen LogP contribution in [0.4, 0.5) is 4.79 Å². The van der Waals surface area contributed by atoms with Gasteiger partial charge in [0.05, 0.1) is 6.61 Å². The third-order valence-corrected chi connectivity index (χ3v) is 0.593. The van der Waals surface area contributed by atoms with Crippen molar-refractivity contribution in [3.8, 4) is 6.07 Å². The van der Waals surface area contributed by atoms with Crippen LogP contribution in [0.1, 0.15) is 6.92 Å². The van der Waals surface area contributed by atoms with Gasteiger partial charge >= 0.3 is 12.0 Å². The number of hydrogen-bond donors (Lipinski definition) is 1. The van der Waals surface area contributed by atoms with E-state index in [0.29, 0.717) is 0 Å². The van der Waals surface area contributed by atoms with Crippen molar-refractivity contribution in [3.63, 3.8) is 0 Å². The molecule has 0 aliphatic carbocycles. The average molecular weight is 142 g/mol. The van der Waals surface area contributed by atoms with Crippen LogP contribution in [-0.2, 0) is 9.53 Å². The van der Waals surface area contributed by atoms with Crippen LogP contribution in [-0.4, -0.2) is 18.6 Å². The third kappa shape index (κ3) is 3.43. The van der Waals surface area contributed by atoms with Gasteiger partial charge < -0.3 is 4.74 Å². The molecule has 54 valence electrons. The summed E-state index contributed by atoms with van der Waals surface area (Å²) in [5, 5.41) is 9.55. The van der Waals surface area contributed by atoms with E-state index in [0.717, 1.165) is 0 Å². The SMILES string of the molecule is CCOC(=O)NC(=O)C#N. The Kier molecular flexibility index (Phi) is 3.64. The molecular formula is C5H6N2O3. The molecular weight excluding hydrogens is 136 g/mol. The van der Waals surface area contributed by atoms with Gasteiger partial charge in [-0.05, 0) is 6.92 Å². The van der Waals surface area contributed by atoms with Crippen LogP contribution < -0.4 is 5.32 Å². The predicted octanol–water partition coefficient (Wildman–Crippen LogP) is -0.217. The molecule has 0 fully saturated rings. The van der Waals surface area contributed by atoms with Crippen molar-refractivity contribution in [1.82, 2.24) is 5.32 Å². The minimum absolute atomic E-state index is 0.171. The number of carbonyl (C=O) groups excluding carboxylic acids is 2. The molecule has 0 radical (unpaired) electrons. The average Bonchev–Trinajstić information content (AvgIpc) is 1.88. The molecule has 0 saturated heterocycles. The largest absolute Gasteiger partial charge is 0.450 e. The molecule has 5 heteroatoms. The Labute approximate surface area is 57.6 Å². The molecule has 2 amide bonds. The highest BCUT2D eigenvalue weighted by Gasteiger charge is 2.04. The van der Waals surface area contributed by atoms with E-state index in [9.17, 15) is 9.59 Å². The van der Waals surface area contributed by atoms with Gasteiger partial charge in [0.15, 0.2) is 6.07 Å². The van der Waals surface area contributed by atoms with Crippen molar-refractivity contribution >= 4 is 12.0 Å². The summed E-state index contributed by atoms with van der Waals surface area (Å²) in [6.07, 6.45) is -0.894. The van der Waals surface area contributed by atoms with Gasteiger partial charge in [-0.1, -0.05) is 0 Å². The van der Waals surface area contributed by atoms with Crippen LogP contribution in [0.2, 0.25) is 0 Å². The van der Waals surface area contributed by atoms with Gasteiger partial charge in [-0.3, -0.25) is 4.79 Å². The fourth-order valence-corrected chi connectivity index (χ4v) is 0.288. The second kappa shape index (κ2) is 4.32. The third-order valence-electron chi connectivity index (χ3n) is 0.593. The normalized spacial score (nSPS) is 7.60. The van der Waals surface area contributed by atoms with E-state index in [1.165, 1.54) is 6.07 Å². The molecule has 0 bridgehead atoms. The number of nitrogens with zero attached hydrogens (tertiary/aromatic N) is 1. The molecule has 0 heterocycles. The number of rotatable bonds is 1. The zero-order valence-corrected chi connectivity index (χ0v) is 5.38. The molecule has 0 aromatic heterocycles. The summed E-state index contributed by atoms with van der Waals surface area (Å²) >= 11 is 0. The molecule has 0 rings (SSSR count). The smallest absolute Gasteiger partial charge is 0.414 e. The number of amides is 2. The molecule has 0 aliphatic rings. The quantitative estimate of drug-likeness (QED) is 0.513. The van der Waals surface area contributed by atoms with Crippen molar-refractivity contribution in [1.29, 1.82) is 5.26 Å². The van der Waals surface area contributed by atoms with Gasteiger partial charge in [0.25, 0.3) is 0 Å². The number of nitriles is 1. The van der Waals surface area contributed by atoms with Crippen LogP contribution >= 0.6 is 0 Å². The Morgan fingerprint density at radius 2 is 2.30 bits per heavy atom. The van der Waals surface area contributed by atoms with Crippen molar-refractivity contribution in [2.45, 2.75) is 6.92 Å². The zero-order chi connectivity index (χ0) is 7.98. The standard InChI is InChI=1S/C5H6N2O3/c1-2-10-5(9)7-4(8)3-6/h2H2,1H3,(H,7,8,9). The van der Waals surface area contributed by atoms with Crippen LogP contribution in [0.15, 0.2) is 0 Å². The Morgan fingerprint density at radius 3 is 2.70 bits per heavy atom. The molecule has 0 atom stereocenters. The fraction of sp³-hybridized carbons (Fsp3) is 0.400. The van der Waals surface area contributed by atoms with Crippen molar-refractivity contribution < 1.29 is 14.3 Å². The van der Waals surface area contributed by atoms with E-state index in [2.05, 4.69) is 4.74 Å². The summed E-state index contributed by atoms with van der Waals surface area (Å²) in [4.78, 5) is 20.4. The molecule has 0 saturated carbocycles. The molecule has 10 heavy (non-hydrogen) atoms. The molecule has 0 spiro atoms. The first kappa shape index (κ1) is 8.43. The van der Waals surface area contributed by atoms with Crippen molar-refractivity contribution in [2.75, 3.05) is 6.61 Å². The minimum Gasteiger partial charge on any atom is -0.450 e. The van der Waals surface area contributed by atoms with E-state index in [-0.39, 0.29) is 6.61 Å². The lowest BCUT2D eigenvalue weighted by molar-refractivity contribution is -0.115. The summed E-state index contributed by atoms with van der Waals surface area (Å²) in [6.45, 7) is 1.76. The highest BCUT2D eigenvalue weighted by molar-refractivity contribution is 6.00. The molecule has 0 aliphatic heterocycles. The van der Waals surface area contributed by atoms with Gasteiger partial charge in [-0.25, -0.2) is 10.1 Å². The van der Waals surface area contributed by atoms with Crippen LogP contribution in [0.3, 0.4) is 0 Å². The number of imide groups is 1. The fourth-order valence-electron chi connectivity index (χ4n) is 0.288. The summed E-state index contributed by atoms with van der Waals surface area (Å²) in [7, 11) is 0. The van der Waals surface area contributed by atoms with Gasteiger partial charge in [-0.15, -0.1) is 0 Å². The maximum Gasteiger partial charge on any atom is 0.414 e. The highest BCUT2D eigenvalue weighted by Crippen LogP contribution is 1.74. The van der Waals surface area contributed by atoms with Gasteiger partial charge in [0.1, 0.15) is 0 Å². The molecule has 0 aromatic carbocycles. The first-order valence-electron chi connectivity index (χ1n) is 2.58. The van der Waals surface area contributed by atoms with E-state index in [1.807, 2.05) is 0 Å². The number of ether oxygens (including phenoxy) is 1. The summed E-state index contributed by atoms with van der Waals surface area (Å²) < 4.78 is 4.29. The second-order valence-electron chi connectivity index (χ2n) is 1.29. The number of nitrogens with one attached hydrogen (secondary N) is 1. The molecule has 0 unspecified atom stereocenters. The van der Waals surface area contributed by atoms with Crippen LogP contribution in [0.5, 0.6) is 0 Å². The minimum atomic E-state index is -1.02. The maximum atomic E-state index is 10.3. The summed E-state index contributed by atoms with van der Waals surface area (Å²) in [5.41, 5.74) is 0. The van der Waals surface area contributed by atoms with Crippen molar-refractivity contribution in [3.05, 3.63) is 0 Å². The summed E-state index contributed by atoms with van der Waals surface area (Å²) in [5.74, 6) is -1.02. The van der Waals surface area contributed by atoms with Gasteiger partial charge in [0, 0.05) is 0 Å². The zero-order valence-electron chi connectivity index (χ0n) is 5.38. The van der Waals surface area contributed by atoms with E-state index >= 15 is 0 Å². The Balaban J connectivity index is 3.60. The molecule has 1 N–H and O–H groups in total. The first-order chi connectivity index (χ1) is 4.70. The number of carbonyl (C=O) groups is 2. The Hall–Kier alpha value is -1.57. The lowest BCUT2D eigenvalue weighted by Gasteiger charge is -1.97. The van der Waals surface area contributed by atoms with Crippen LogP contribution in [0, 0.1) is 11.3 Å². The maximum absolute atomic E-state index is 10.3. The second-order valence-corrected chi connectivity index (χ2v) is 1.29. The molecule has 0 aromatic rings. The van der Waals surface area contributed by atoms with Crippen molar-refractivity contribution in [2.24, 2.45) is 0 Å². The predicted molar refractivity (Wildman–Crippen MR) is 30.8 cm³/mol. The lowest BCUT2D eigenvalue weighted by Crippen LogP contribution is -2.29. The Bertz CT molecular complexity index is 182. The monoisotopic (exact) mass is 142 g/mol. The van der Waals surface area contributed by atoms with Crippen LogP contribution in [0.25, 0.3) is 0 Å². The highest BCUT2D eigenvalue weighted by atomic mass is 16.5. The van der Waals surface area contributed by atoms with E-state index < -0.39 is 12.0 Å². The van der Waals surface area contributed by atoms with E-state index in [4.69, 9.17) is 5.26 Å². The topological polar surface area (TPSA) is 79.2 Å². The molecule has 5 nitrogen and oxygen atoms in total. The van der Waals surface area contributed by atoms with E-state index in [1.54, 1.807) is 12.2 Å². The first-order valence-corrected chi connectivity index (χ1v) is 2.58. The van der Waals surface area contributed by atoms with Gasteiger partial charge in [0.2, 0.25) is 0 Å². The lowest BCUT2D eigenvalue weighted by atomic mass is 10.7. The number of alkyl carbamates (subject to hydrolysis) is 1. The number of hydrogen-bond acceptors (Lipinski definition) is 4. The van der Waals surface area contributed by atoms with Gasteiger partial charge in [-0.2, -0.15) is 5.26 Å². The Morgan fingerprint density at radius 1 is 1.70 bits per heavy atom.